The minimum absolute atomic E-state index is 0.0690. The number of carbonyl (C=O) groups is 1. The van der Waals surface area contributed by atoms with Gasteiger partial charge in [-0.15, -0.1) is 0 Å². The van der Waals surface area contributed by atoms with Crippen LogP contribution in [0.4, 0.5) is 15.8 Å². The Morgan fingerprint density at radius 1 is 1.05 bits per heavy atom. The van der Waals surface area contributed by atoms with Crippen LogP contribution in [-0.2, 0) is 7.05 Å². The number of nitrogens with zero attached hydrogens (tertiary/aromatic N) is 4. The zero-order chi connectivity index (χ0) is 27.6. The van der Waals surface area contributed by atoms with E-state index in [2.05, 4.69) is 5.32 Å². The molecule has 4 aromatic rings. The summed E-state index contributed by atoms with van der Waals surface area (Å²) >= 11 is 2.00. The van der Waals surface area contributed by atoms with Gasteiger partial charge in [0.15, 0.2) is 0 Å². The zero-order valence-electron chi connectivity index (χ0n) is 21.3. The molecule has 1 aliphatic heterocycles. The second-order valence-electron chi connectivity index (χ2n) is 10.0. The third-order valence-electron chi connectivity index (χ3n) is 7.43. The molecule has 2 aromatic carbocycles. The van der Waals surface area contributed by atoms with Crippen molar-refractivity contribution in [3.63, 3.8) is 0 Å². The van der Waals surface area contributed by atoms with Crippen molar-refractivity contribution in [2.24, 2.45) is 7.05 Å². The topological polar surface area (TPSA) is 98.3 Å². The van der Waals surface area contributed by atoms with E-state index in [-0.39, 0.29) is 39.9 Å². The third-order valence-corrected chi connectivity index (χ3v) is 8.10. The number of amides is 1. The standard InChI is InChI=1S/C28H25FIN5O4/c1-15-23(31-21-10-7-17(30)14-20(21)29)22-24(32(2)25(15)36)34(28(39)35(27(22)38)18-8-9-18)19-6-3-5-16(13-19)26(37)33-11-4-12-33/h3,5-7,10,13-14,18,31H,4,8-9,11-12H2,1-2H3. The summed E-state index contributed by atoms with van der Waals surface area (Å²) in [6.45, 7) is 2.92. The van der Waals surface area contributed by atoms with Crippen molar-refractivity contribution in [2.75, 3.05) is 18.4 Å². The van der Waals surface area contributed by atoms with Gasteiger partial charge in [0.2, 0.25) is 0 Å². The summed E-state index contributed by atoms with van der Waals surface area (Å²) in [6.07, 6.45) is 2.29. The molecule has 0 radical (unpaired) electrons. The molecule has 1 saturated carbocycles. The molecule has 1 saturated heterocycles. The van der Waals surface area contributed by atoms with Crippen molar-refractivity contribution in [2.45, 2.75) is 32.2 Å². The van der Waals surface area contributed by atoms with Gasteiger partial charge in [0.25, 0.3) is 17.0 Å². The molecule has 6 rings (SSSR count). The summed E-state index contributed by atoms with van der Waals surface area (Å²) < 4.78 is 19.4. The lowest BCUT2D eigenvalue weighted by atomic mass is 10.1. The Labute approximate surface area is 235 Å². The molecule has 1 N–H and O–H groups in total. The maximum atomic E-state index is 14.9. The summed E-state index contributed by atoms with van der Waals surface area (Å²) in [7, 11) is 1.50. The van der Waals surface area contributed by atoms with Crippen molar-refractivity contribution >= 4 is 50.9 Å². The number of pyridine rings is 1. The molecule has 0 unspecified atom stereocenters. The van der Waals surface area contributed by atoms with E-state index in [4.69, 9.17) is 0 Å². The lowest BCUT2D eigenvalue weighted by Gasteiger charge is -2.31. The highest BCUT2D eigenvalue weighted by atomic mass is 127. The fourth-order valence-electron chi connectivity index (χ4n) is 5.04. The minimum atomic E-state index is -0.589. The van der Waals surface area contributed by atoms with Crippen LogP contribution in [0.15, 0.2) is 56.8 Å². The fraction of sp³-hybridized carbons (Fsp3) is 0.286. The predicted octanol–water partition coefficient (Wildman–Crippen LogP) is 3.83. The number of hydrogen-bond donors (Lipinski definition) is 1. The summed E-state index contributed by atoms with van der Waals surface area (Å²) in [6, 6.07) is 11.0. The molecule has 200 valence electrons. The first-order chi connectivity index (χ1) is 18.7. The molecule has 0 atom stereocenters. The number of likely N-dealkylation sites (tertiary alicyclic amines) is 1. The molecule has 9 nitrogen and oxygen atoms in total. The lowest BCUT2D eigenvalue weighted by molar-refractivity contribution is 0.0652. The van der Waals surface area contributed by atoms with E-state index in [1.54, 1.807) is 48.2 Å². The third kappa shape index (κ3) is 4.19. The van der Waals surface area contributed by atoms with Gasteiger partial charge in [-0.3, -0.25) is 23.5 Å². The van der Waals surface area contributed by atoms with E-state index >= 15 is 0 Å². The van der Waals surface area contributed by atoms with Crippen LogP contribution in [0.2, 0.25) is 0 Å². The van der Waals surface area contributed by atoms with Crippen LogP contribution >= 0.6 is 22.6 Å². The number of aryl methyl sites for hydroxylation is 1. The number of nitrogens with one attached hydrogen (secondary N) is 1. The van der Waals surface area contributed by atoms with Gasteiger partial charge in [0, 0.05) is 40.9 Å². The average Bonchev–Trinajstić information content (AvgIpc) is 3.71. The number of halogens is 2. The number of anilines is 2. The highest BCUT2D eigenvalue weighted by Gasteiger charge is 2.32. The van der Waals surface area contributed by atoms with Crippen molar-refractivity contribution < 1.29 is 9.18 Å². The predicted molar refractivity (Wildman–Crippen MR) is 155 cm³/mol. The second-order valence-corrected chi connectivity index (χ2v) is 11.3. The lowest BCUT2D eigenvalue weighted by Crippen LogP contribution is -2.42. The Morgan fingerprint density at radius 3 is 2.44 bits per heavy atom. The van der Waals surface area contributed by atoms with Crippen molar-refractivity contribution in [3.8, 4) is 5.69 Å². The van der Waals surface area contributed by atoms with Gasteiger partial charge in [-0.05, 0) is 85.2 Å². The Morgan fingerprint density at radius 2 is 1.79 bits per heavy atom. The van der Waals surface area contributed by atoms with Crippen LogP contribution in [0.1, 0.15) is 41.2 Å². The van der Waals surface area contributed by atoms with Crippen LogP contribution < -0.4 is 22.1 Å². The average molecular weight is 641 g/mol. The number of fused-ring (bicyclic) bond motifs is 1. The number of rotatable bonds is 5. The van der Waals surface area contributed by atoms with Gasteiger partial charge in [-0.1, -0.05) is 6.07 Å². The van der Waals surface area contributed by atoms with Crippen molar-refractivity contribution in [1.29, 1.82) is 0 Å². The number of hydrogen-bond acceptors (Lipinski definition) is 5. The van der Waals surface area contributed by atoms with E-state index in [1.165, 1.54) is 26.8 Å². The van der Waals surface area contributed by atoms with Gasteiger partial charge in [0.05, 0.1) is 17.1 Å². The molecule has 1 amide bonds. The Bertz CT molecular complexity index is 1870. The molecule has 0 spiro atoms. The maximum Gasteiger partial charge on any atom is 0.337 e. The summed E-state index contributed by atoms with van der Waals surface area (Å²) in [5.41, 5.74) is -0.278. The van der Waals surface area contributed by atoms with Crippen molar-refractivity contribution in [3.05, 3.63) is 94.2 Å². The van der Waals surface area contributed by atoms with Crippen molar-refractivity contribution in [1.82, 2.24) is 18.6 Å². The quantitative estimate of drug-likeness (QED) is 0.335. The van der Waals surface area contributed by atoms with E-state index in [9.17, 15) is 23.6 Å². The molecule has 39 heavy (non-hydrogen) atoms. The first kappa shape index (κ1) is 25.5. The summed E-state index contributed by atoms with van der Waals surface area (Å²) in [4.78, 5) is 55.9. The zero-order valence-corrected chi connectivity index (χ0v) is 23.5. The second kappa shape index (κ2) is 9.47. The Balaban J connectivity index is 1.68. The first-order valence-corrected chi connectivity index (χ1v) is 13.8. The van der Waals surface area contributed by atoms with Crippen LogP contribution in [0.5, 0.6) is 0 Å². The largest absolute Gasteiger partial charge is 0.352 e. The van der Waals surface area contributed by atoms with Gasteiger partial charge in [0.1, 0.15) is 16.9 Å². The summed E-state index contributed by atoms with van der Waals surface area (Å²) in [5, 5.41) is 3.08. The molecule has 11 heteroatoms. The van der Waals surface area contributed by atoms with Gasteiger partial charge in [-0.25, -0.2) is 13.8 Å². The van der Waals surface area contributed by atoms with E-state index in [0.29, 0.717) is 40.8 Å². The monoisotopic (exact) mass is 641 g/mol. The Hall–Kier alpha value is -3.74. The van der Waals surface area contributed by atoms with Crippen LogP contribution in [0, 0.1) is 16.3 Å². The van der Waals surface area contributed by atoms with Crippen LogP contribution in [-0.4, -0.2) is 37.6 Å². The fourth-order valence-corrected chi connectivity index (χ4v) is 5.49. The molecule has 2 aliphatic rings. The van der Waals surface area contributed by atoms with Crippen LogP contribution in [0.25, 0.3) is 16.7 Å². The highest BCUT2D eigenvalue weighted by molar-refractivity contribution is 14.1. The van der Waals surface area contributed by atoms with Crippen LogP contribution in [0.3, 0.4) is 0 Å². The smallest absolute Gasteiger partial charge is 0.337 e. The normalized spacial score (nSPS) is 14.9. The van der Waals surface area contributed by atoms with Gasteiger partial charge in [-0.2, -0.15) is 0 Å². The highest BCUT2D eigenvalue weighted by Crippen LogP contribution is 2.34. The van der Waals surface area contributed by atoms with E-state index in [1.807, 2.05) is 22.6 Å². The maximum absolute atomic E-state index is 14.9. The molecule has 2 fully saturated rings. The number of aromatic nitrogens is 3. The molecular weight excluding hydrogens is 616 g/mol. The molecular formula is C28H25FIN5O4. The number of benzene rings is 2. The molecule has 3 heterocycles. The SMILES string of the molecule is Cc1c(Nc2ccc(I)cc2F)c2c(=O)n(C3CC3)c(=O)n(-c3cccc(C(=O)N4CCC4)c3)c2n(C)c1=O. The molecule has 0 bridgehead atoms. The summed E-state index contributed by atoms with van der Waals surface area (Å²) in [5.74, 6) is -0.680. The van der Waals surface area contributed by atoms with E-state index < -0.39 is 22.6 Å². The number of carbonyl (C=O) groups excluding carboxylic acids is 1. The first-order valence-electron chi connectivity index (χ1n) is 12.7. The van der Waals surface area contributed by atoms with Gasteiger partial charge < -0.3 is 10.2 Å². The van der Waals surface area contributed by atoms with Gasteiger partial charge >= 0.3 is 5.69 Å². The Kier molecular flexibility index (Phi) is 6.20. The minimum Gasteiger partial charge on any atom is -0.352 e. The molecule has 1 aliphatic carbocycles. The molecule has 2 aromatic heterocycles. The van der Waals surface area contributed by atoms with E-state index in [0.717, 1.165) is 6.42 Å².